The molecule has 0 spiro atoms. The molecule has 10 heteroatoms. The van der Waals surface area contributed by atoms with Crippen molar-refractivity contribution < 1.29 is 12.8 Å². The van der Waals surface area contributed by atoms with Crippen LogP contribution in [0, 0.1) is 5.82 Å². The van der Waals surface area contributed by atoms with Crippen molar-refractivity contribution in [2.45, 2.75) is 11.4 Å². The molecule has 0 amide bonds. The predicted octanol–water partition coefficient (Wildman–Crippen LogP) is 4.62. The second kappa shape index (κ2) is 7.79. The summed E-state index contributed by atoms with van der Waals surface area (Å²) in [5, 5.41) is 2.77. The molecule has 2 N–H and O–H groups in total. The Labute approximate surface area is 180 Å². The fraction of sp³-hybridized carbons (Fsp3) is 0.0500. The monoisotopic (exact) mass is 465 g/mol. The number of fused-ring (bicyclic) bond motifs is 1. The summed E-state index contributed by atoms with van der Waals surface area (Å²) in [6.45, 7) is 0.412. The first-order chi connectivity index (χ1) is 14.2. The first kappa shape index (κ1) is 20.5. The highest BCUT2D eigenvalue weighted by molar-refractivity contribution is 7.92. The average molecular weight is 466 g/mol. The molecule has 30 heavy (non-hydrogen) atoms. The Bertz CT molecular complexity index is 1420. The van der Waals surface area contributed by atoms with Crippen LogP contribution in [0.3, 0.4) is 0 Å². The summed E-state index contributed by atoms with van der Waals surface area (Å²) in [5.74, 6) is -0.735. The Morgan fingerprint density at radius 2 is 1.73 bits per heavy atom. The molecule has 4 aromatic rings. The van der Waals surface area contributed by atoms with Crippen LogP contribution in [0.2, 0.25) is 10.0 Å². The molecule has 0 saturated carbocycles. The van der Waals surface area contributed by atoms with Gasteiger partial charge in [0.15, 0.2) is 0 Å². The molecule has 0 aliphatic rings. The molecule has 1 aromatic heterocycles. The molecule has 154 valence electrons. The second-order valence-electron chi connectivity index (χ2n) is 6.54. The molecule has 6 nitrogen and oxygen atoms in total. The third kappa shape index (κ3) is 3.94. The quantitative estimate of drug-likeness (QED) is 0.450. The van der Waals surface area contributed by atoms with Gasteiger partial charge in [0.1, 0.15) is 5.82 Å². The van der Waals surface area contributed by atoms with Crippen LogP contribution >= 0.6 is 23.2 Å². The average Bonchev–Trinajstić information content (AvgIpc) is 2.99. The Hall–Kier alpha value is -2.81. The van der Waals surface area contributed by atoms with Crippen LogP contribution < -0.4 is 10.3 Å². The van der Waals surface area contributed by atoms with Gasteiger partial charge < -0.3 is 0 Å². The van der Waals surface area contributed by atoms with E-state index in [4.69, 9.17) is 23.2 Å². The lowest BCUT2D eigenvalue weighted by atomic mass is 10.2. The van der Waals surface area contributed by atoms with Gasteiger partial charge >= 0.3 is 0 Å². The van der Waals surface area contributed by atoms with E-state index in [1.54, 1.807) is 4.68 Å². The number of benzene rings is 3. The number of nitrogens with one attached hydrogen (secondary N) is 2. The second-order valence-corrected chi connectivity index (χ2v) is 9.04. The smallest absolute Gasteiger partial charge is 0.272 e. The van der Waals surface area contributed by atoms with E-state index < -0.39 is 15.8 Å². The van der Waals surface area contributed by atoms with Gasteiger partial charge in [-0.15, -0.1) is 0 Å². The van der Waals surface area contributed by atoms with Crippen LogP contribution in [-0.4, -0.2) is 18.2 Å². The molecular formula is C20H14Cl2FN3O3S. The molecule has 0 radical (unpaired) electrons. The number of aromatic amines is 1. The van der Waals surface area contributed by atoms with Gasteiger partial charge in [0.2, 0.25) is 0 Å². The van der Waals surface area contributed by atoms with Crippen molar-refractivity contribution in [2.24, 2.45) is 0 Å². The Kier molecular flexibility index (Phi) is 5.31. The highest BCUT2D eigenvalue weighted by Gasteiger charge is 2.19. The molecule has 0 bridgehead atoms. The largest absolute Gasteiger partial charge is 0.280 e. The van der Waals surface area contributed by atoms with E-state index in [1.165, 1.54) is 12.1 Å². The molecule has 0 saturated heterocycles. The minimum absolute atomic E-state index is 0.0209. The number of nitrogens with zero attached hydrogens (tertiary/aromatic N) is 1. The number of aromatic nitrogens is 2. The summed E-state index contributed by atoms with van der Waals surface area (Å²) < 4.78 is 42.6. The third-order valence-electron chi connectivity index (χ3n) is 4.49. The SMILES string of the molecule is O=c1[nH]n(Cc2ccccc2)c2cc(Cl)c(NS(=O)(=O)c3ccc(F)c(Cl)c3)cc12. The lowest BCUT2D eigenvalue weighted by Gasteiger charge is -2.11. The predicted molar refractivity (Wildman–Crippen MR) is 115 cm³/mol. The van der Waals surface area contributed by atoms with E-state index in [9.17, 15) is 17.6 Å². The van der Waals surface area contributed by atoms with E-state index in [2.05, 4.69) is 9.82 Å². The van der Waals surface area contributed by atoms with Crippen molar-refractivity contribution in [3.8, 4) is 0 Å². The van der Waals surface area contributed by atoms with Gasteiger partial charge in [-0.3, -0.25) is 19.3 Å². The fourth-order valence-corrected chi connectivity index (χ4v) is 4.63. The molecule has 0 atom stereocenters. The molecular weight excluding hydrogens is 452 g/mol. The number of hydrogen-bond acceptors (Lipinski definition) is 3. The van der Waals surface area contributed by atoms with Crippen LogP contribution in [0.15, 0.2) is 70.4 Å². The van der Waals surface area contributed by atoms with Crippen molar-refractivity contribution in [3.63, 3.8) is 0 Å². The van der Waals surface area contributed by atoms with Gasteiger partial charge in [-0.1, -0.05) is 53.5 Å². The first-order valence-electron chi connectivity index (χ1n) is 8.68. The lowest BCUT2D eigenvalue weighted by Crippen LogP contribution is -2.13. The summed E-state index contributed by atoms with van der Waals surface area (Å²) in [6, 6.07) is 15.4. The van der Waals surface area contributed by atoms with Gasteiger partial charge in [-0.25, -0.2) is 12.8 Å². The van der Waals surface area contributed by atoms with Crippen molar-refractivity contribution >= 4 is 49.8 Å². The molecule has 0 fully saturated rings. The summed E-state index contributed by atoms with van der Waals surface area (Å²) in [4.78, 5) is 12.2. The topological polar surface area (TPSA) is 84.0 Å². The minimum atomic E-state index is -4.10. The first-order valence-corrected chi connectivity index (χ1v) is 10.9. The minimum Gasteiger partial charge on any atom is -0.280 e. The summed E-state index contributed by atoms with van der Waals surface area (Å²) in [6.07, 6.45) is 0. The summed E-state index contributed by atoms with van der Waals surface area (Å²) >= 11 is 12.0. The number of H-pyrrole nitrogens is 1. The van der Waals surface area contributed by atoms with Crippen molar-refractivity contribution in [1.29, 1.82) is 0 Å². The van der Waals surface area contributed by atoms with E-state index >= 15 is 0 Å². The number of sulfonamides is 1. The summed E-state index contributed by atoms with van der Waals surface area (Å²) in [5.41, 5.74) is 1.14. The number of halogens is 3. The standard InChI is InChI=1S/C20H14Cl2FN3O3S/c21-15-8-13(6-7-17(15)23)30(28,29)25-18-9-14-19(10-16(18)22)26(24-20(14)27)11-12-4-2-1-3-5-12/h1-10,25H,11H2,(H,24,27). The van der Waals surface area contributed by atoms with Gasteiger partial charge in [-0.2, -0.15) is 0 Å². The van der Waals surface area contributed by atoms with E-state index in [1.807, 2.05) is 30.3 Å². The van der Waals surface area contributed by atoms with E-state index in [-0.39, 0.29) is 31.6 Å². The molecule has 0 aliphatic carbocycles. The van der Waals surface area contributed by atoms with Crippen LogP contribution in [0.25, 0.3) is 10.9 Å². The molecule has 0 aliphatic heterocycles. The third-order valence-corrected chi connectivity index (χ3v) is 6.45. The highest BCUT2D eigenvalue weighted by atomic mass is 35.5. The van der Waals surface area contributed by atoms with Gasteiger partial charge in [0.25, 0.3) is 15.6 Å². The van der Waals surface area contributed by atoms with Crippen molar-refractivity contribution in [3.05, 3.63) is 92.4 Å². The van der Waals surface area contributed by atoms with E-state index in [0.717, 1.165) is 23.8 Å². The molecule has 4 rings (SSSR count). The number of rotatable bonds is 5. The normalized spacial score (nSPS) is 11.7. The van der Waals surface area contributed by atoms with Gasteiger partial charge in [0.05, 0.1) is 38.1 Å². The lowest BCUT2D eigenvalue weighted by molar-refractivity contribution is 0.599. The zero-order chi connectivity index (χ0) is 21.5. The van der Waals surface area contributed by atoms with Crippen LogP contribution in [0.5, 0.6) is 0 Å². The van der Waals surface area contributed by atoms with Crippen molar-refractivity contribution in [1.82, 2.24) is 9.78 Å². The maximum atomic E-state index is 13.3. The number of hydrogen-bond donors (Lipinski definition) is 2. The van der Waals surface area contributed by atoms with Crippen molar-refractivity contribution in [2.75, 3.05) is 4.72 Å². The maximum absolute atomic E-state index is 13.3. The van der Waals surface area contributed by atoms with Crippen LogP contribution in [0.1, 0.15) is 5.56 Å². The van der Waals surface area contributed by atoms with Crippen LogP contribution in [-0.2, 0) is 16.6 Å². The Morgan fingerprint density at radius 1 is 1.00 bits per heavy atom. The molecule has 1 heterocycles. The summed E-state index contributed by atoms with van der Waals surface area (Å²) in [7, 11) is -4.10. The zero-order valence-electron chi connectivity index (χ0n) is 15.2. The maximum Gasteiger partial charge on any atom is 0.272 e. The zero-order valence-corrected chi connectivity index (χ0v) is 17.5. The highest BCUT2D eigenvalue weighted by Crippen LogP contribution is 2.30. The fourth-order valence-electron chi connectivity index (χ4n) is 3.03. The Balaban J connectivity index is 1.72. The van der Waals surface area contributed by atoms with E-state index in [0.29, 0.717) is 12.1 Å². The number of anilines is 1. The molecule has 3 aromatic carbocycles. The van der Waals surface area contributed by atoms with Gasteiger partial charge in [-0.05, 0) is 35.9 Å². The van der Waals surface area contributed by atoms with Crippen LogP contribution in [0.4, 0.5) is 10.1 Å². The molecule has 0 unspecified atom stereocenters. The van der Waals surface area contributed by atoms with Gasteiger partial charge in [0, 0.05) is 0 Å². The Morgan fingerprint density at radius 3 is 2.43 bits per heavy atom.